The van der Waals surface area contributed by atoms with E-state index in [1.54, 1.807) is 30.5 Å². The summed E-state index contributed by atoms with van der Waals surface area (Å²) in [5, 5.41) is 0. The largest absolute Gasteiger partial charge is 0.278 e. The van der Waals surface area contributed by atoms with E-state index in [9.17, 15) is 8.42 Å². The Morgan fingerprint density at radius 3 is 2.30 bits per heavy atom. The van der Waals surface area contributed by atoms with Crippen molar-refractivity contribution in [2.45, 2.75) is 42.9 Å². The molecule has 1 aromatic heterocycles. The van der Waals surface area contributed by atoms with Gasteiger partial charge < -0.3 is 0 Å². The average Bonchev–Trinajstić information content (AvgIpc) is 2.56. The second-order valence-electron chi connectivity index (χ2n) is 5.75. The highest BCUT2D eigenvalue weighted by molar-refractivity contribution is 7.92. The Morgan fingerprint density at radius 2 is 1.70 bits per heavy atom. The summed E-state index contributed by atoms with van der Waals surface area (Å²) >= 11 is 0. The Labute approximate surface area is 143 Å². The minimum atomic E-state index is -3.55. The smallest absolute Gasteiger partial charge is 0.261 e. The summed E-state index contributed by atoms with van der Waals surface area (Å²) in [7, 11) is -3.55. The molecule has 1 N–H and O–H groups in total. The molecule has 0 unspecified atom stereocenters. The van der Waals surface area contributed by atoms with Crippen LogP contribution in [0.25, 0.3) is 0 Å². The summed E-state index contributed by atoms with van der Waals surface area (Å²) in [5.41, 5.74) is 1.72. The number of hydrogen-bond donors (Lipinski definition) is 1. The topological polar surface area (TPSA) is 59.1 Å². The molecule has 0 spiro atoms. The lowest BCUT2D eigenvalue weighted by atomic mass is 9.84. The third kappa shape index (κ3) is 4.45. The van der Waals surface area contributed by atoms with E-state index in [1.165, 1.54) is 43.9 Å². The number of pyridine rings is 1. The molecule has 124 valence electrons. The van der Waals surface area contributed by atoms with Crippen molar-refractivity contribution >= 4 is 28.1 Å². The Morgan fingerprint density at radius 1 is 1.00 bits per heavy atom. The predicted molar refractivity (Wildman–Crippen MR) is 94.6 cm³/mol. The lowest BCUT2D eigenvalue weighted by molar-refractivity contribution is 0.443. The number of nitrogens with zero attached hydrogens (tertiary/aromatic N) is 1. The summed E-state index contributed by atoms with van der Waals surface area (Å²) in [4.78, 5) is 4.20. The first-order chi connectivity index (χ1) is 10.6. The summed E-state index contributed by atoms with van der Waals surface area (Å²) in [6.45, 7) is 0. The first-order valence-corrected chi connectivity index (χ1v) is 9.16. The zero-order valence-electron chi connectivity index (χ0n) is 12.8. The fourth-order valence-electron chi connectivity index (χ4n) is 2.99. The average molecular weight is 353 g/mol. The van der Waals surface area contributed by atoms with E-state index in [2.05, 4.69) is 9.71 Å². The van der Waals surface area contributed by atoms with Crippen LogP contribution in [0.5, 0.6) is 0 Å². The van der Waals surface area contributed by atoms with E-state index in [1.807, 2.05) is 12.1 Å². The monoisotopic (exact) mass is 352 g/mol. The number of benzene rings is 1. The second-order valence-corrected chi connectivity index (χ2v) is 7.43. The number of nitrogens with one attached hydrogen (secondary N) is 1. The van der Waals surface area contributed by atoms with Gasteiger partial charge in [0, 0.05) is 6.20 Å². The number of hydrogen-bond acceptors (Lipinski definition) is 3. The summed E-state index contributed by atoms with van der Waals surface area (Å²) in [6.07, 6.45) is 9.38. The zero-order valence-corrected chi connectivity index (χ0v) is 14.4. The van der Waals surface area contributed by atoms with Crippen LogP contribution in [0, 0.1) is 0 Å². The van der Waals surface area contributed by atoms with Gasteiger partial charge >= 0.3 is 0 Å². The van der Waals surface area contributed by atoms with Crippen LogP contribution < -0.4 is 4.72 Å². The van der Waals surface area contributed by atoms with E-state index in [4.69, 9.17) is 0 Å². The van der Waals surface area contributed by atoms with Crippen LogP contribution in [0.2, 0.25) is 0 Å². The van der Waals surface area contributed by atoms with Crippen molar-refractivity contribution in [1.29, 1.82) is 0 Å². The number of aromatic nitrogens is 1. The van der Waals surface area contributed by atoms with E-state index in [0.29, 0.717) is 11.6 Å². The van der Waals surface area contributed by atoms with Gasteiger partial charge in [0.2, 0.25) is 0 Å². The van der Waals surface area contributed by atoms with Crippen LogP contribution in [-0.4, -0.2) is 13.4 Å². The van der Waals surface area contributed by atoms with E-state index >= 15 is 0 Å². The van der Waals surface area contributed by atoms with E-state index in [-0.39, 0.29) is 17.3 Å². The molecule has 6 heteroatoms. The molecule has 1 aliphatic rings. The molecule has 0 saturated heterocycles. The van der Waals surface area contributed by atoms with Crippen LogP contribution in [0.4, 0.5) is 5.69 Å². The first-order valence-electron chi connectivity index (χ1n) is 7.68. The Bertz CT molecular complexity index is 712. The van der Waals surface area contributed by atoms with Gasteiger partial charge in [0.05, 0.1) is 16.8 Å². The highest BCUT2D eigenvalue weighted by Crippen LogP contribution is 2.33. The zero-order chi connectivity index (χ0) is 15.4. The van der Waals surface area contributed by atoms with Crippen molar-refractivity contribution in [2.24, 2.45) is 0 Å². The third-order valence-electron chi connectivity index (χ3n) is 4.18. The molecule has 0 bridgehead atoms. The van der Waals surface area contributed by atoms with Crippen molar-refractivity contribution in [3.05, 3.63) is 54.4 Å². The molecular formula is C17H21ClN2O2S. The van der Waals surface area contributed by atoms with Crippen molar-refractivity contribution < 1.29 is 8.42 Å². The van der Waals surface area contributed by atoms with Gasteiger partial charge in [-0.1, -0.05) is 31.4 Å². The maximum atomic E-state index is 12.4. The standard InChI is InChI=1S/C17H20N2O2S.ClH/c20-22(21,19-16-7-4-12-18-13-16)17-10-8-15(9-11-17)14-5-2-1-3-6-14;/h4,7-14,19H,1-3,5-6H2;1H. The van der Waals surface area contributed by atoms with Gasteiger partial charge in [-0.3, -0.25) is 9.71 Å². The molecule has 0 amide bonds. The van der Waals surface area contributed by atoms with Crippen LogP contribution in [-0.2, 0) is 10.0 Å². The fraction of sp³-hybridized carbons (Fsp3) is 0.353. The molecular weight excluding hydrogens is 332 g/mol. The molecule has 4 nitrogen and oxygen atoms in total. The normalized spacial score (nSPS) is 15.7. The van der Waals surface area contributed by atoms with E-state index < -0.39 is 10.0 Å². The van der Waals surface area contributed by atoms with Crippen molar-refractivity contribution in [3.8, 4) is 0 Å². The van der Waals surface area contributed by atoms with Gasteiger partial charge in [-0.15, -0.1) is 12.4 Å². The van der Waals surface area contributed by atoms with E-state index in [0.717, 1.165) is 0 Å². The maximum absolute atomic E-state index is 12.4. The van der Waals surface area contributed by atoms with Gasteiger partial charge in [-0.05, 0) is 48.6 Å². The molecule has 0 atom stereocenters. The summed E-state index contributed by atoms with van der Waals surface area (Å²) in [5.74, 6) is 0.580. The predicted octanol–water partition coefficient (Wildman–Crippen LogP) is 4.35. The Balaban J connectivity index is 0.00000192. The summed E-state index contributed by atoms with van der Waals surface area (Å²) in [6, 6.07) is 10.7. The molecule has 1 heterocycles. The Hall–Kier alpha value is -1.59. The number of sulfonamides is 1. The molecule has 0 aliphatic heterocycles. The van der Waals surface area contributed by atoms with Gasteiger partial charge in [-0.25, -0.2) is 8.42 Å². The van der Waals surface area contributed by atoms with Crippen LogP contribution >= 0.6 is 12.4 Å². The molecule has 1 aliphatic carbocycles. The van der Waals surface area contributed by atoms with Gasteiger partial charge in [0.25, 0.3) is 10.0 Å². The van der Waals surface area contributed by atoms with Crippen molar-refractivity contribution in [3.63, 3.8) is 0 Å². The quantitative estimate of drug-likeness (QED) is 0.889. The van der Waals surface area contributed by atoms with Crippen LogP contribution in [0.15, 0.2) is 53.7 Å². The van der Waals surface area contributed by atoms with Crippen LogP contribution in [0.3, 0.4) is 0 Å². The van der Waals surface area contributed by atoms with Gasteiger partial charge in [-0.2, -0.15) is 0 Å². The molecule has 0 radical (unpaired) electrons. The van der Waals surface area contributed by atoms with Crippen molar-refractivity contribution in [2.75, 3.05) is 4.72 Å². The minimum absolute atomic E-state index is 0. The third-order valence-corrected chi connectivity index (χ3v) is 5.58. The number of halogens is 1. The molecule has 1 aromatic carbocycles. The van der Waals surface area contributed by atoms with Crippen LogP contribution in [0.1, 0.15) is 43.6 Å². The maximum Gasteiger partial charge on any atom is 0.261 e. The first kappa shape index (κ1) is 17.8. The number of rotatable bonds is 4. The highest BCUT2D eigenvalue weighted by Gasteiger charge is 2.18. The van der Waals surface area contributed by atoms with Crippen molar-refractivity contribution in [1.82, 2.24) is 4.98 Å². The second kappa shape index (κ2) is 7.79. The molecule has 2 aromatic rings. The highest BCUT2D eigenvalue weighted by atomic mass is 35.5. The fourth-order valence-corrected chi connectivity index (χ4v) is 4.04. The lowest BCUT2D eigenvalue weighted by Crippen LogP contribution is -2.13. The molecule has 3 rings (SSSR count). The molecule has 23 heavy (non-hydrogen) atoms. The van der Waals surface area contributed by atoms with Gasteiger partial charge in [0.15, 0.2) is 0 Å². The molecule has 1 fully saturated rings. The Kier molecular flexibility index (Phi) is 6.02. The number of anilines is 1. The van der Waals surface area contributed by atoms with Gasteiger partial charge in [0.1, 0.15) is 0 Å². The molecule has 1 saturated carbocycles. The SMILES string of the molecule is Cl.O=S(=O)(Nc1cccnc1)c1ccc(C2CCCCC2)cc1. The summed E-state index contributed by atoms with van der Waals surface area (Å²) < 4.78 is 27.2. The minimum Gasteiger partial charge on any atom is -0.278 e. The lowest BCUT2D eigenvalue weighted by Gasteiger charge is -2.22.